The molecule has 14 heavy (non-hydrogen) atoms. The third kappa shape index (κ3) is 2.38. The molecule has 0 radical (unpaired) electrons. The Morgan fingerprint density at radius 3 is 3.00 bits per heavy atom. The molecule has 0 amide bonds. The zero-order chi connectivity index (χ0) is 10.1. The van der Waals surface area contributed by atoms with E-state index in [0.29, 0.717) is 23.4 Å². The van der Waals surface area contributed by atoms with E-state index in [1.807, 2.05) is 0 Å². The first-order valence-corrected chi connectivity index (χ1v) is 5.23. The van der Waals surface area contributed by atoms with E-state index >= 15 is 0 Å². The molecule has 0 N–H and O–H groups in total. The van der Waals surface area contributed by atoms with Crippen molar-refractivity contribution in [3.05, 3.63) is 27.4 Å². The van der Waals surface area contributed by atoms with Crippen LogP contribution >= 0.6 is 27.5 Å². The Balaban J connectivity index is 2.10. The molecule has 2 rings (SSSR count). The molecule has 1 aliphatic heterocycles. The van der Waals surface area contributed by atoms with Crippen molar-refractivity contribution < 1.29 is 13.9 Å². The van der Waals surface area contributed by atoms with Gasteiger partial charge in [-0.15, -0.1) is 0 Å². The lowest BCUT2D eigenvalue weighted by Gasteiger charge is -2.07. The number of ether oxygens (including phenoxy) is 2. The minimum atomic E-state index is -0.485. The molecule has 1 saturated heterocycles. The monoisotopic (exact) mass is 280 g/mol. The van der Waals surface area contributed by atoms with Gasteiger partial charge in [-0.2, -0.15) is 0 Å². The van der Waals surface area contributed by atoms with Crippen LogP contribution in [-0.2, 0) is 4.74 Å². The Labute approximate surface area is 94.1 Å². The van der Waals surface area contributed by atoms with Crippen molar-refractivity contribution in [2.45, 2.75) is 6.10 Å². The van der Waals surface area contributed by atoms with E-state index in [1.54, 1.807) is 0 Å². The van der Waals surface area contributed by atoms with Crippen LogP contribution in [-0.4, -0.2) is 19.3 Å². The average molecular weight is 282 g/mol. The highest BCUT2D eigenvalue weighted by Gasteiger charge is 2.23. The summed E-state index contributed by atoms with van der Waals surface area (Å²) in [4.78, 5) is 0. The predicted octanol–water partition coefficient (Wildman–Crippen LogP) is 3.02. The molecule has 0 bridgehead atoms. The summed E-state index contributed by atoms with van der Waals surface area (Å²) in [7, 11) is 0. The van der Waals surface area contributed by atoms with E-state index in [-0.39, 0.29) is 11.1 Å². The molecule has 76 valence electrons. The molecule has 0 saturated carbocycles. The summed E-state index contributed by atoms with van der Waals surface area (Å²) in [5.74, 6) is -0.0380. The molecular formula is C9H7BrClFO2. The summed E-state index contributed by atoms with van der Waals surface area (Å²) in [6.45, 7) is 1.16. The normalized spacial score (nSPS) is 19.5. The van der Waals surface area contributed by atoms with Crippen molar-refractivity contribution in [3.8, 4) is 5.75 Å². The molecule has 1 aromatic rings. The first-order chi connectivity index (χ1) is 6.66. The standard InChI is InChI=1S/C9H7BrClFO2/c10-6-1-7(11)8(12)2-9(6)14-4-5-3-13-5/h1-2,5H,3-4H2/t5-/m0/s1. The SMILES string of the molecule is Fc1cc(OC[C@@H]2CO2)c(Br)cc1Cl. The van der Waals surface area contributed by atoms with Gasteiger partial charge in [0, 0.05) is 6.07 Å². The second-order valence-electron chi connectivity index (χ2n) is 2.96. The molecule has 0 spiro atoms. The Bertz CT molecular complexity index is 355. The van der Waals surface area contributed by atoms with Crippen molar-refractivity contribution >= 4 is 27.5 Å². The minimum Gasteiger partial charge on any atom is -0.489 e. The fourth-order valence-electron chi connectivity index (χ4n) is 0.962. The maximum Gasteiger partial charge on any atom is 0.145 e. The fourth-order valence-corrected chi connectivity index (χ4v) is 1.72. The van der Waals surface area contributed by atoms with Crippen LogP contribution in [0.4, 0.5) is 4.39 Å². The van der Waals surface area contributed by atoms with Crippen molar-refractivity contribution in [1.29, 1.82) is 0 Å². The maximum atomic E-state index is 13.0. The van der Waals surface area contributed by atoms with E-state index in [9.17, 15) is 4.39 Å². The summed E-state index contributed by atoms with van der Waals surface area (Å²) in [6, 6.07) is 2.73. The molecule has 1 fully saturated rings. The average Bonchev–Trinajstić information content (AvgIpc) is 2.92. The van der Waals surface area contributed by atoms with Crippen molar-refractivity contribution in [3.63, 3.8) is 0 Å². The molecule has 1 atom stereocenters. The largest absolute Gasteiger partial charge is 0.489 e. The van der Waals surface area contributed by atoms with Crippen LogP contribution in [0.3, 0.4) is 0 Å². The molecule has 1 heterocycles. The smallest absolute Gasteiger partial charge is 0.145 e. The van der Waals surface area contributed by atoms with E-state index in [0.717, 1.165) is 0 Å². The Morgan fingerprint density at radius 1 is 1.64 bits per heavy atom. The second kappa shape index (κ2) is 4.04. The van der Waals surface area contributed by atoms with Gasteiger partial charge in [0.05, 0.1) is 16.1 Å². The zero-order valence-electron chi connectivity index (χ0n) is 7.10. The van der Waals surface area contributed by atoms with Crippen LogP contribution in [0.5, 0.6) is 5.75 Å². The quantitative estimate of drug-likeness (QED) is 0.627. The molecule has 1 aromatic carbocycles. The molecule has 0 unspecified atom stereocenters. The lowest BCUT2D eigenvalue weighted by Crippen LogP contribution is -2.04. The lowest BCUT2D eigenvalue weighted by atomic mass is 10.3. The second-order valence-corrected chi connectivity index (χ2v) is 4.22. The van der Waals surface area contributed by atoms with Crippen LogP contribution in [0.15, 0.2) is 16.6 Å². The molecule has 2 nitrogen and oxygen atoms in total. The van der Waals surface area contributed by atoms with Crippen molar-refractivity contribution in [1.82, 2.24) is 0 Å². The highest BCUT2D eigenvalue weighted by molar-refractivity contribution is 9.10. The molecule has 0 aliphatic carbocycles. The van der Waals surface area contributed by atoms with E-state index in [2.05, 4.69) is 15.9 Å². The van der Waals surface area contributed by atoms with Crippen LogP contribution in [0, 0.1) is 5.82 Å². The van der Waals surface area contributed by atoms with E-state index in [4.69, 9.17) is 21.1 Å². The van der Waals surface area contributed by atoms with Gasteiger partial charge < -0.3 is 9.47 Å². The summed E-state index contributed by atoms with van der Waals surface area (Å²) in [5, 5.41) is 0.0758. The molecule has 5 heteroatoms. The molecule has 0 aromatic heterocycles. The van der Waals surface area contributed by atoms with Gasteiger partial charge in [0.1, 0.15) is 24.3 Å². The lowest BCUT2D eigenvalue weighted by molar-refractivity contribution is 0.261. The van der Waals surface area contributed by atoms with Gasteiger partial charge in [0.2, 0.25) is 0 Å². The number of epoxide rings is 1. The Kier molecular flexibility index (Phi) is 2.95. The summed E-state index contributed by atoms with van der Waals surface area (Å²) in [6.07, 6.45) is 0.153. The highest BCUT2D eigenvalue weighted by Crippen LogP contribution is 2.31. The topological polar surface area (TPSA) is 21.8 Å². The number of rotatable bonds is 3. The minimum absolute atomic E-state index is 0.0758. The van der Waals surface area contributed by atoms with Gasteiger partial charge in [0.15, 0.2) is 0 Å². The van der Waals surface area contributed by atoms with Gasteiger partial charge in [-0.3, -0.25) is 0 Å². The molecule has 1 aliphatic rings. The zero-order valence-corrected chi connectivity index (χ0v) is 9.44. The number of hydrogen-bond acceptors (Lipinski definition) is 2. The molecular weight excluding hydrogens is 274 g/mol. The van der Waals surface area contributed by atoms with Crippen LogP contribution in [0.1, 0.15) is 0 Å². The first kappa shape index (κ1) is 10.2. The van der Waals surface area contributed by atoms with Gasteiger partial charge >= 0.3 is 0 Å². The Hall–Kier alpha value is -0.320. The van der Waals surface area contributed by atoms with Gasteiger partial charge in [-0.05, 0) is 22.0 Å². The highest BCUT2D eigenvalue weighted by atomic mass is 79.9. The predicted molar refractivity (Wildman–Crippen MR) is 54.3 cm³/mol. The van der Waals surface area contributed by atoms with Crippen molar-refractivity contribution in [2.24, 2.45) is 0 Å². The van der Waals surface area contributed by atoms with Gasteiger partial charge in [-0.1, -0.05) is 11.6 Å². The third-order valence-electron chi connectivity index (χ3n) is 1.80. The fraction of sp³-hybridized carbons (Fsp3) is 0.333. The van der Waals surface area contributed by atoms with Crippen LogP contribution < -0.4 is 4.74 Å². The number of benzene rings is 1. The van der Waals surface area contributed by atoms with Crippen LogP contribution in [0.25, 0.3) is 0 Å². The van der Waals surface area contributed by atoms with Gasteiger partial charge in [-0.25, -0.2) is 4.39 Å². The summed E-state index contributed by atoms with van der Waals surface area (Å²) in [5.41, 5.74) is 0. The third-order valence-corrected chi connectivity index (χ3v) is 2.71. The first-order valence-electron chi connectivity index (χ1n) is 4.06. The van der Waals surface area contributed by atoms with E-state index in [1.165, 1.54) is 12.1 Å². The number of halogens is 3. The summed E-state index contributed by atoms with van der Waals surface area (Å²) >= 11 is 8.81. The maximum absolute atomic E-state index is 13.0. The summed E-state index contributed by atoms with van der Waals surface area (Å²) < 4.78 is 24.0. The van der Waals surface area contributed by atoms with E-state index < -0.39 is 5.82 Å². The number of hydrogen-bond donors (Lipinski definition) is 0. The van der Waals surface area contributed by atoms with Gasteiger partial charge in [0.25, 0.3) is 0 Å². The van der Waals surface area contributed by atoms with Crippen LogP contribution in [0.2, 0.25) is 5.02 Å². The Morgan fingerprint density at radius 2 is 2.36 bits per heavy atom. The van der Waals surface area contributed by atoms with Crippen molar-refractivity contribution in [2.75, 3.05) is 13.2 Å².